The highest BCUT2D eigenvalue weighted by atomic mass is 16.5. The number of benzene rings is 5. The van der Waals surface area contributed by atoms with Gasteiger partial charge in [-0.3, -0.25) is 14.4 Å². The fourth-order valence-electron chi connectivity index (χ4n) is 7.44. The molecule has 1 N–H and O–H groups in total. The molecule has 5 aromatic rings. The van der Waals surface area contributed by atoms with Gasteiger partial charge in [0.2, 0.25) is 11.8 Å². The summed E-state index contributed by atoms with van der Waals surface area (Å²) < 4.78 is 5.33. The third-order valence-corrected chi connectivity index (χ3v) is 9.19. The summed E-state index contributed by atoms with van der Waals surface area (Å²) >= 11 is 0. The Morgan fingerprint density at radius 1 is 0.659 bits per heavy atom. The summed E-state index contributed by atoms with van der Waals surface area (Å²) in [4.78, 5) is 55.0. The molecule has 7 nitrogen and oxygen atoms in total. The third-order valence-electron chi connectivity index (χ3n) is 9.19. The molecule has 2 atom stereocenters. The Balaban J connectivity index is 1.03. The number of amides is 3. The predicted molar refractivity (Wildman–Crippen MR) is 165 cm³/mol. The Morgan fingerprint density at radius 3 is 1.84 bits per heavy atom. The van der Waals surface area contributed by atoms with E-state index in [2.05, 4.69) is 29.6 Å². The van der Waals surface area contributed by atoms with Crippen molar-refractivity contribution in [2.24, 2.45) is 11.8 Å². The fraction of sp³-hybridized carbons (Fsp3) is 0.135. The molecule has 1 aliphatic heterocycles. The van der Waals surface area contributed by atoms with Crippen LogP contribution < -0.4 is 10.2 Å². The average Bonchev–Trinajstić information content (AvgIpc) is 3.33. The van der Waals surface area contributed by atoms with Crippen molar-refractivity contribution < 1.29 is 23.9 Å². The minimum Gasteiger partial charge on any atom is -0.452 e. The van der Waals surface area contributed by atoms with Crippen LogP contribution in [0.15, 0.2) is 115 Å². The molecule has 44 heavy (non-hydrogen) atoms. The maximum absolute atomic E-state index is 14.1. The highest BCUT2D eigenvalue weighted by Crippen LogP contribution is 2.61. The van der Waals surface area contributed by atoms with Gasteiger partial charge in [0.1, 0.15) is 0 Å². The van der Waals surface area contributed by atoms with E-state index >= 15 is 0 Å². The molecule has 214 valence electrons. The summed E-state index contributed by atoms with van der Waals surface area (Å²) in [6.07, 6.45) is 0. The molecule has 0 aromatic heterocycles. The Hall–Kier alpha value is -5.56. The summed E-state index contributed by atoms with van der Waals surface area (Å²) in [7, 11) is 0. The second-order valence-corrected chi connectivity index (χ2v) is 11.5. The summed E-state index contributed by atoms with van der Waals surface area (Å²) in [6.45, 7) is -0.488. The standard InChI is InChI=1S/C37H26N2O5/c40-30(38-29-18-8-10-21-9-1-2-13-24(21)29)20-44-37(43)22-11-7-12-23(19-22)39-35(41)33-31-25-14-3-4-15-26(25)32(34(33)36(39)42)28-17-6-5-16-27(28)31/h1-19,31-34H,20H2,(H,38,40)/t31?,32?,33-,34-/m1/s1. The van der Waals surface area contributed by atoms with E-state index in [4.69, 9.17) is 4.74 Å². The van der Waals surface area contributed by atoms with E-state index in [1.807, 2.05) is 60.7 Å². The number of anilines is 2. The highest BCUT2D eigenvalue weighted by molar-refractivity contribution is 6.23. The van der Waals surface area contributed by atoms with Gasteiger partial charge in [-0.05, 0) is 51.9 Å². The number of hydrogen-bond acceptors (Lipinski definition) is 5. The second kappa shape index (κ2) is 10.0. The van der Waals surface area contributed by atoms with Crippen molar-refractivity contribution in [3.63, 3.8) is 0 Å². The van der Waals surface area contributed by atoms with Crippen molar-refractivity contribution in [3.05, 3.63) is 143 Å². The number of nitrogens with zero attached hydrogens (tertiary/aromatic N) is 1. The quantitative estimate of drug-likeness (QED) is 0.203. The van der Waals surface area contributed by atoms with Crippen LogP contribution in [0.2, 0.25) is 0 Å². The fourth-order valence-corrected chi connectivity index (χ4v) is 7.44. The van der Waals surface area contributed by atoms with Gasteiger partial charge >= 0.3 is 5.97 Å². The van der Waals surface area contributed by atoms with Gasteiger partial charge in [0, 0.05) is 22.9 Å². The molecule has 9 rings (SSSR count). The zero-order valence-electron chi connectivity index (χ0n) is 23.5. The molecule has 7 heteroatoms. The van der Waals surface area contributed by atoms with Crippen molar-refractivity contribution >= 4 is 45.8 Å². The largest absolute Gasteiger partial charge is 0.452 e. The minimum atomic E-state index is -0.726. The van der Waals surface area contributed by atoms with Gasteiger partial charge in [0.05, 0.1) is 23.1 Å². The first-order valence-electron chi connectivity index (χ1n) is 14.6. The summed E-state index contributed by atoms with van der Waals surface area (Å²) in [5.74, 6) is -3.21. The molecule has 0 spiro atoms. The van der Waals surface area contributed by atoms with Gasteiger partial charge in [0.15, 0.2) is 6.61 Å². The number of nitrogens with one attached hydrogen (secondary N) is 1. The molecule has 2 bridgehead atoms. The van der Waals surface area contributed by atoms with E-state index in [9.17, 15) is 19.2 Å². The van der Waals surface area contributed by atoms with Crippen LogP contribution >= 0.6 is 0 Å². The maximum atomic E-state index is 14.1. The smallest absolute Gasteiger partial charge is 0.338 e. The SMILES string of the molecule is O=C(COC(=O)c1cccc(N2C(=O)[C@@H]3C4c5ccccc5C(c5ccccc54)[C@H]3C2=O)c1)Nc1cccc2ccccc12. The lowest BCUT2D eigenvalue weighted by molar-refractivity contribution is -0.122. The number of imide groups is 1. The van der Waals surface area contributed by atoms with Crippen molar-refractivity contribution in [2.75, 3.05) is 16.8 Å². The molecule has 5 aromatic carbocycles. The molecule has 0 radical (unpaired) electrons. The van der Waals surface area contributed by atoms with Gasteiger partial charge in [-0.25, -0.2) is 9.69 Å². The molecular weight excluding hydrogens is 552 g/mol. The van der Waals surface area contributed by atoms with Gasteiger partial charge in [0.25, 0.3) is 5.91 Å². The molecule has 0 unspecified atom stereocenters. The lowest BCUT2D eigenvalue weighted by Crippen LogP contribution is -2.41. The van der Waals surface area contributed by atoms with Gasteiger partial charge in [-0.15, -0.1) is 0 Å². The van der Waals surface area contributed by atoms with Gasteiger partial charge < -0.3 is 10.1 Å². The Morgan fingerprint density at radius 2 is 1.20 bits per heavy atom. The zero-order chi connectivity index (χ0) is 29.9. The summed E-state index contributed by atoms with van der Waals surface area (Å²) in [5.41, 5.74) is 5.47. The van der Waals surface area contributed by atoms with Crippen LogP contribution in [0.1, 0.15) is 44.4 Å². The lowest BCUT2D eigenvalue weighted by Gasteiger charge is -2.45. The third kappa shape index (κ3) is 3.89. The molecular formula is C37H26N2O5. The molecule has 1 saturated heterocycles. The maximum Gasteiger partial charge on any atom is 0.338 e. The van der Waals surface area contributed by atoms with Crippen LogP contribution in [-0.2, 0) is 19.1 Å². The van der Waals surface area contributed by atoms with Crippen LogP contribution in [0.5, 0.6) is 0 Å². The van der Waals surface area contributed by atoms with Crippen LogP contribution in [0.4, 0.5) is 11.4 Å². The van der Waals surface area contributed by atoms with Crippen molar-refractivity contribution in [1.82, 2.24) is 0 Å². The number of ether oxygens (including phenoxy) is 1. The second-order valence-electron chi connectivity index (χ2n) is 11.5. The van der Waals surface area contributed by atoms with E-state index in [0.717, 1.165) is 33.0 Å². The first kappa shape index (κ1) is 26.1. The van der Waals surface area contributed by atoms with Crippen molar-refractivity contribution in [2.45, 2.75) is 11.8 Å². The Bertz CT molecular complexity index is 1910. The molecule has 3 amide bonds. The minimum absolute atomic E-state index is 0.144. The first-order chi connectivity index (χ1) is 21.5. The van der Waals surface area contributed by atoms with E-state index in [-0.39, 0.29) is 29.2 Å². The summed E-state index contributed by atoms with van der Waals surface area (Å²) in [5, 5.41) is 4.66. The highest BCUT2D eigenvalue weighted by Gasteiger charge is 2.61. The number of esters is 1. The average molecular weight is 579 g/mol. The number of fused-ring (bicyclic) bond motifs is 1. The predicted octanol–water partition coefficient (Wildman–Crippen LogP) is 6.03. The number of carbonyl (C=O) groups excluding carboxylic acids is 4. The van der Waals surface area contributed by atoms with Crippen molar-refractivity contribution in [1.29, 1.82) is 0 Å². The molecule has 1 fully saturated rings. The first-order valence-corrected chi connectivity index (χ1v) is 14.6. The zero-order valence-corrected chi connectivity index (χ0v) is 23.5. The van der Waals surface area contributed by atoms with E-state index < -0.39 is 30.3 Å². The van der Waals surface area contributed by atoms with Crippen LogP contribution in [0.3, 0.4) is 0 Å². The number of hydrogen-bond donors (Lipinski definition) is 1. The lowest BCUT2D eigenvalue weighted by atomic mass is 9.55. The van der Waals surface area contributed by atoms with Crippen molar-refractivity contribution in [3.8, 4) is 0 Å². The van der Waals surface area contributed by atoms with Crippen LogP contribution in [0.25, 0.3) is 10.8 Å². The topological polar surface area (TPSA) is 92.8 Å². The molecule has 4 aliphatic rings. The summed E-state index contributed by atoms with van der Waals surface area (Å²) in [6, 6.07) is 35.7. The molecule has 0 saturated carbocycles. The number of rotatable bonds is 5. The van der Waals surface area contributed by atoms with Gasteiger partial charge in [-0.1, -0.05) is 91.0 Å². The van der Waals surface area contributed by atoms with E-state index in [0.29, 0.717) is 11.4 Å². The number of carbonyl (C=O) groups is 4. The molecule has 1 heterocycles. The van der Waals surface area contributed by atoms with Gasteiger partial charge in [-0.2, -0.15) is 0 Å². The normalized spacial score (nSPS) is 21.0. The monoisotopic (exact) mass is 578 g/mol. The molecule has 3 aliphatic carbocycles. The van der Waals surface area contributed by atoms with Crippen LogP contribution in [-0.4, -0.2) is 30.3 Å². The Kier molecular flexibility index (Phi) is 5.94. The Labute approximate surface area is 253 Å². The van der Waals surface area contributed by atoms with E-state index in [1.54, 1.807) is 24.3 Å². The van der Waals surface area contributed by atoms with Crippen LogP contribution in [0, 0.1) is 11.8 Å². The van der Waals surface area contributed by atoms with E-state index in [1.165, 1.54) is 11.0 Å².